The molecular formula is C14H21N3O3S. The van der Waals surface area contributed by atoms with Crippen LogP contribution < -0.4 is 5.56 Å². The predicted molar refractivity (Wildman–Crippen MR) is 82.0 cm³/mol. The first-order valence-corrected chi connectivity index (χ1v) is 7.47. The lowest BCUT2D eigenvalue weighted by Crippen LogP contribution is -2.42. The second-order valence-electron chi connectivity index (χ2n) is 6.31. The summed E-state index contributed by atoms with van der Waals surface area (Å²) in [7, 11) is 0. The third-order valence-electron chi connectivity index (χ3n) is 3.29. The molecule has 2 heterocycles. The molecule has 6 nitrogen and oxygen atoms in total. The lowest BCUT2D eigenvalue weighted by atomic mass is 9.95. The molecule has 2 rings (SSSR count). The number of carbonyl (C=O) groups is 1. The molecular weight excluding hydrogens is 290 g/mol. The standard InChI is InChI=1S/C14H21N3O3S/c1-14(2,3)20-13(19)17-6-4-5-9(8-17)10-7-11(18)16-12(21)15-10/h7,9H,4-6,8H2,1-3H3,(H2,15,16,18,21)/t9-/m0/s1. The highest BCUT2D eigenvalue weighted by atomic mass is 32.1. The van der Waals surface area contributed by atoms with E-state index < -0.39 is 5.60 Å². The fourth-order valence-electron chi connectivity index (χ4n) is 2.43. The normalized spacial score (nSPS) is 19.4. The molecule has 1 aliphatic rings. The summed E-state index contributed by atoms with van der Waals surface area (Å²) in [5, 5.41) is 0. The van der Waals surface area contributed by atoms with Crippen LogP contribution in [0.15, 0.2) is 10.9 Å². The largest absolute Gasteiger partial charge is 0.444 e. The van der Waals surface area contributed by atoms with Crippen molar-refractivity contribution in [2.24, 2.45) is 0 Å². The van der Waals surface area contributed by atoms with E-state index in [2.05, 4.69) is 9.97 Å². The van der Waals surface area contributed by atoms with E-state index in [1.807, 2.05) is 20.8 Å². The van der Waals surface area contributed by atoms with Gasteiger partial charge in [0.2, 0.25) is 0 Å². The molecule has 1 fully saturated rings. The molecule has 0 aliphatic carbocycles. The van der Waals surface area contributed by atoms with Crippen molar-refractivity contribution in [2.75, 3.05) is 13.1 Å². The molecule has 1 aromatic heterocycles. The molecule has 116 valence electrons. The Morgan fingerprint density at radius 3 is 2.76 bits per heavy atom. The average Bonchev–Trinajstić information content (AvgIpc) is 2.36. The SMILES string of the molecule is CC(C)(C)OC(=O)N1CCC[C@H](c2cc(=O)[nH]c(=S)[nH]2)C1. The number of hydrogen-bond acceptors (Lipinski definition) is 4. The van der Waals surface area contributed by atoms with Crippen LogP contribution in [0.25, 0.3) is 0 Å². The second kappa shape index (κ2) is 6.01. The molecule has 0 aromatic carbocycles. The van der Waals surface area contributed by atoms with Gasteiger partial charge in [0, 0.05) is 30.8 Å². The van der Waals surface area contributed by atoms with Crippen LogP contribution in [-0.2, 0) is 4.74 Å². The summed E-state index contributed by atoms with van der Waals surface area (Å²) in [4.78, 5) is 30.8. The van der Waals surface area contributed by atoms with Crippen molar-refractivity contribution in [2.45, 2.75) is 45.1 Å². The van der Waals surface area contributed by atoms with Gasteiger partial charge in [-0.2, -0.15) is 0 Å². The number of ether oxygens (including phenoxy) is 1. The van der Waals surface area contributed by atoms with Crippen molar-refractivity contribution < 1.29 is 9.53 Å². The van der Waals surface area contributed by atoms with Gasteiger partial charge in [0.05, 0.1) is 0 Å². The van der Waals surface area contributed by atoms with Gasteiger partial charge < -0.3 is 14.6 Å². The first kappa shape index (κ1) is 15.8. The molecule has 7 heteroatoms. The first-order chi connectivity index (χ1) is 9.74. The highest BCUT2D eigenvalue weighted by Crippen LogP contribution is 2.25. The van der Waals surface area contributed by atoms with Crippen molar-refractivity contribution in [3.63, 3.8) is 0 Å². The van der Waals surface area contributed by atoms with Crippen molar-refractivity contribution in [3.05, 3.63) is 26.9 Å². The minimum Gasteiger partial charge on any atom is -0.444 e. The lowest BCUT2D eigenvalue weighted by molar-refractivity contribution is 0.0197. The number of hydrogen-bond donors (Lipinski definition) is 2. The molecule has 1 aliphatic heterocycles. The smallest absolute Gasteiger partial charge is 0.410 e. The number of piperidine rings is 1. The predicted octanol–water partition coefficient (Wildman–Crippen LogP) is 2.55. The average molecular weight is 311 g/mol. The quantitative estimate of drug-likeness (QED) is 0.781. The van der Waals surface area contributed by atoms with Crippen molar-refractivity contribution in [1.82, 2.24) is 14.9 Å². The van der Waals surface area contributed by atoms with Gasteiger partial charge in [0.15, 0.2) is 4.77 Å². The highest BCUT2D eigenvalue weighted by molar-refractivity contribution is 7.71. The summed E-state index contributed by atoms with van der Waals surface area (Å²) >= 11 is 4.99. The molecule has 0 saturated carbocycles. The Morgan fingerprint density at radius 2 is 2.14 bits per heavy atom. The van der Waals surface area contributed by atoms with Crippen LogP contribution in [0, 0.1) is 4.77 Å². The number of nitrogens with one attached hydrogen (secondary N) is 2. The Bertz CT molecular complexity index is 601. The number of aromatic nitrogens is 2. The molecule has 0 bridgehead atoms. The number of aromatic amines is 2. The number of likely N-dealkylation sites (tertiary alicyclic amines) is 1. The van der Waals surface area contributed by atoms with Gasteiger partial charge in [0.1, 0.15) is 5.60 Å². The fourth-order valence-corrected chi connectivity index (χ4v) is 2.65. The molecule has 2 N–H and O–H groups in total. The zero-order valence-corrected chi connectivity index (χ0v) is 13.4. The van der Waals surface area contributed by atoms with E-state index in [0.29, 0.717) is 17.9 Å². The van der Waals surface area contributed by atoms with Crippen LogP contribution in [0.5, 0.6) is 0 Å². The van der Waals surface area contributed by atoms with Gasteiger partial charge >= 0.3 is 6.09 Å². The second-order valence-corrected chi connectivity index (χ2v) is 6.72. The maximum atomic E-state index is 12.1. The summed E-state index contributed by atoms with van der Waals surface area (Å²) in [5.74, 6) is 0.0790. The maximum Gasteiger partial charge on any atom is 0.410 e. The summed E-state index contributed by atoms with van der Waals surface area (Å²) in [6, 6.07) is 1.51. The van der Waals surface area contributed by atoms with Crippen molar-refractivity contribution in [3.8, 4) is 0 Å². The lowest BCUT2D eigenvalue weighted by Gasteiger charge is -2.34. The fraction of sp³-hybridized carbons (Fsp3) is 0.643. The summed E-state index contributed by atoms with van der Waals surface area (Å²) in [6.45, 7) is 6.75. The molecule has 21 heavy (non-hydrogen) atoms. The van der Waals surface area contributed by atoms with Crippen molar-refractivity contribution in [1.29, 1.82) is 0 Å². The zero-order chi connectivity index (χ0) is 15.6. The third-order valence-corrected chi connectivity index (χ3v) is 3.50. The molecule has 1 atom stereocenters. The van der Waals surface area contributed by atoms with E-state index in [-0.39, 0.29) is 17.6 Å². The number of carbonyl (C=O) groups excluding carboxylic acids is 1. The van der Waals surface area contributed by atoms with Gasteiger partial charge in [0.25, 0.3) is 5.56 Å². The van der Waals surface area contributed by atoms with E-state index >= 15 is 0 Å². The van der Waals surface area contributed by atoms with Gasteiger partial charge in [-0.15, -0.1) is 0 Å². The first-order valence-electron chi connectivity index (χ1n) is 7.06. The molecule has 0 radical (unpaired) electrons. The van der Waals surface area contributed by atoms with Gasteiger partial charge in [-0.05, 0) is 45.8 Å². The third kappa shape index (κ3) is 4.42. The topological polar surface area (TPSA) is 78.2 Å². The van der Waals surface area contributed by atoms with Crippen LogP contribution in [0.4, 0.5) is 4.79 Å². The summed E-state index contributed by atoms with van der Waals surface area (Å²) in [6.07, 6.45) is 1.47. The van der Waals surface area contributed by atoms with E-state index in [1.54, 1.807) is 4.90 Å². The maximum absolute atomic E-state index is 12.1. The van der Waals surface area contributed by atoms with E-state index in [1.165, 1.54) is 6.07 Å². The number of rotatable bonds is 1. The van der Waals surface area contributed by atoms with E-state index in [4.69, 9.17) is 17.0 Å². The van der Waals surface area contributed by atoms with Gasteiger partial charge in [-0.1, -0.05) is 0 Å². The number of amides is 1. The van der Waals surface area contributed by atoms with Crippen LogP contribution in [-0.4, -0.2) is 39.7 Å². The molecule has 1 aromatic rings. The Labute approximate surface area is 128 Å². The minimum absolute atomic E-state index is 0.0790. The highest BCUT2D eigenvalue weighted by Gasteiger charge is 2.28. The minimum atomic E-state index is -0.506. The molecule has 1 amide bonds. The summed E-state index contributed by atoms with van der Waals surface area (Å²) in [5.41, 5.74) is 0.0496. The van der Waals surface area contributed by atoms with Crippen LogP contribution >= 0.6 is 12.2 Å². The van der Waals surface area contributed by atoms with Crippen LogP contribution in [0.2, 0.25) is 0 Å². The number of nitrogens with zero attached hydrogens (tertiary/aromatic N) is 1. The van der Waals surface area contributed by atoms with Gasteiger partial charge in [-0.25, -0.2) is 4.79 Å². The van der Waals surface area contributed by atoms with Crippen LogP contribution in [0.3, 0.4) is 0 Å². The Hall–Kier alpha value is -1.63. The van der Waals surface area contributed by atoms with Gasteiger partial charge in [-0.3, -0.25) is 9.78 Å². The Kier molecular flexibility index (Phi) is 4.51. The molecule has 1 saturated heterocycles. The summed E-state index contributed by atoms with van der Waals surface area (Å²) < 4.78 is 5.71. The zero-order valence-electron chi connectivity index (χ0n) is 12.6. The number of H-pyrrole nitrogens is 2. The monoisotopic (exact) mass is 311 g/mol. The Balaban J connectivity index is 2.12. The molecule has 0 unspecified atom stereocenters. The van der Waals surface area contributed by atoms with E-state index in [0.717, 1.165) is 18.5 Å². The van der Waals surface area contributed by atoms with E-state index in [9.17, 15) is 9.59 Å². The molecule has 0 spiro atoms. The van der Waals surface area contributed by atoms with Crippen LogP contribution in [0.1, 0.15) is 45.2 Å². The van der Waals surface area contributed by atoms with Crippen molar-refractivity contribution >= 4 is 18.3 Å². The Morgan fingerprint density at radius 1 is 1.43 bits per heavy atom.